The first-order valence-electron chi connectivity index (χ1n) is 8.41. The Labute approximate surface area is 154 Å². The molecular weight excluding hydrogens is 338 g/mol. The number of nitrogens with one attached hydrogen (secondary N) is 1. The summed E-state index contributed by atoms with van der Waals surface area (Å²) in [6.45, 7) is 10.5. The minimum Gasteiger partial charge on any atom is -0.480 e. The third-order valence-corrected chi connectivity index (χ3v) is 4.36. The number of aliphatic carboxylic acids is 1. The number of hydrogen-bond donors (Lipinski definition) is 2. The molecule has 6 heteroatoms. The summed E-state index contributed by atoms with van der Waals surface area (Å²) in [7, 11) is 0. The van der Waals surface area contributed by atoms with Gasteiger partial charge in [-0.3, -0.25) is 10.1 Å². The van der Waals surface area contributed by atoms with Gasteiger partial charge in [-0.25, -0.2) is 4.68 Å². The van der Waals surface area contributed by atoms with Gasteiger partial charge in [0.2, 0.25) is 0 Å². The number of benzene rings is 1. The van der Waals surface area contributed by atoms with Crippen molar-refractivity contribution in [2.75, 3.05) is 0 Å². The standard InChI is InChI=1S/C19H26ClN3O2/c1-12(2)16(18(24)25)21-10-13-11-23(22-17(13)19(3,4)5)15-9-7-6-8-14(15)20/h6-9,11-12,16,21H,10H2,1-5H3,(H,24,25)/t16-/m1/s1. The van der Waals surface area contributed by atoms with Crippen LogP contribution in [0, 0.1) is 5.92 Å². The predicted molar refractivity (Wildman–Crippen MR) is 100 cm³/mol. The lowest BCUT2D eigenvalue weighted by molar-refractivity contribution is -0.140. The van der Waals surface area contributed by atoms with Crippen LogP contribution in [0.25, 0.3) is 5.69 Å². The van der Waals surface area contributed by atoms with Crippen LogP contribution in [0.2, 0.25) is 5.02 Å². The highest BCUT2D eigenvalue weighted by molar-refractivity contribution is 6.32. The summed E-state index contributed by atoms with van der Waals surface area (Å²) < 4.78 is 1.77. The molecule has 1 aromatic heterocycles. The van der Waals surface area contributed by atoms with Crippen LogP contribution in [0.15, 0.2) is 30.5 Å². The second-order valence-corrected chi connectivity index (χ2v) is 8.00. The van der Waals surface area contributed by atoms with Crippen LogP contribution in [0.5, 0.6) is 0 Å². The van der Waals surface area contributed by atoms with E-state index in [0.29, 0.717) is 11.6 Å². The average molecular weight is 364 g/mol. The monoisotopic (exact) mass is 363 g/mol. The van der Waals surface area contributed by atoms with Crippen molar-refractivity contribution < 1.29 is 9.90 Å². The van der Waals surface area contributed by atoms with E-state index in [4.69, 9.17) is 16.7 Å². The van der Waals surface area contributed by atoms with Crippen molar-refractivity contribution in [2.24, 2.45) is 5.92 Å². The topological polar surface area (TPSA) is 67.2 Å². The van der Waals surface area contributed by atoms with E-state index in [1.807, 2.05) is 44.3 Å². The van der Waals surface area contributed by atoms with Gasteiger partial charge in [-0.05, 0) is 18.1 Å². The highest BCUT2D eigenvalue weighted by Crippen LogP contribution is 2.27. The van der Waals surface area contributed by atoms with Gasteiger partial charge in [0, 0.05) is 23.7 Å². The van der Waals surface area contributed by atoms with E-state index in [-0.39, 0.29) is 11.3 Å². The molecule has 5 nitrogen and oxygen atoms in total. The number of hydrogen-bond acceptors (Lipinski definition) is 3. The maximum Gasteiger partial charge on any atom is 0.320 e. The number of para-hydroxylation sites is 1. The predicted octanol–water partition coefficient (Wildman–Crippen LogP) is 4.02. The zero-order valence-electron chi connectivity index (χ0n) is 15.4. The van der Waals surface area contributed by atoms with Crippen molar-refractivity contribution in [3.63, 3.8) is 0 Å². The van der Waals surface area contributed by atoms with Crippen molar-refractivity contribution in [3.05, 3.63) is 46.7 Å². The van der Waals surface area contributed by atoms with Crippen molar-refractivity contribution in [1.29, 1.82) is 0 Å². The Morgan fingerprint density at radius 3 is 2.48 bits per heavy atom. The second kappa shape index (κ2) is 7.58. The summed E-state index contributed by atoms with van der Waals surface area (Å²) in [5, 5.41) is 17.9. The Hall–Kier alpha value is -1.85. The largest absolute Gasteiger partial charge is 0.480 e. The van der Waals surface area contributed by atoms with Gasteiger partial charge in [-0.2, -0.15) is 5.10 Å². The second-order valence-electron chi connectivity index (χ2n) is 7.59. The lowest BCUT2D eigenvalue weighted by atomic mass is 9.89. The van der Waals surface area contributed by atoms with Gasteiger partial charge in [0.1, 0.15) is 6.04 Å². The Kier molecular flexibility index (Phi) is 5.91. The molecule has 0 amide bonds. The third kappa shape index (κ3) is 4.61. The van der Waals surface area contributed by atoms with Crippen molar-refractivity contribution in [1.82, 2.24) is 15.1 Å². The summed E-state index contributed by atoms with van der Waals surface area (Å²) in [5.41, 5.74) is 2.53. The number of aromatic nitrogens is 2. The third-order valence-electron chi connectivity index (χ3n) is 4.04. The normalized spacial score (nSPS) is 13.2. The molecule has 2 rings (SSSR count). The summed E-state index contributed by atoms with van der Waals surface area (Å²) in [5.74, 6) is -0.847. The fraction of sp³-hybridized carbons (Fsp3) is 0.474. The van der Waals surface area contributed by atoms with Gasteiger partial charge < -0.3 is 5.11 Å². The van der Waals surface area contributed by atoms with Gasteiger partial charge in [-0.1, -0.05) is 58.4 Å². The molecule has 0 aliphatic carbocycles. The van der Waals surface area contributed by atoms with E-state index >= 15 is 0 Å². The number of nitrogens with zero attached hydrogens (tertiary/aromatic N) is 2. The summed E-state index contributed by atoms with van der Waals surface area (Å²) in [6.07, 6.45) is 1.92. The lowest BCUT2D eigenvalue weighted by Gasteiger charge is -2.20. The molecule has 0 saturated carbocycles. The van der Waals surface area contributed by atoms with E-state index in [1.165, 1.54) is 0 Å². The maximum absolute atomic E-state index is 11.4. The molecule has 0 aliphatic heterocycles. The fourth-order valence-corrected chi connectivity index (χ4v) is 2.98. The Morgan fingerprint density at radius 1 is 1.32 bits per heavy atom. The minimum absolute atomic E-state index is 0.00537. The van der Waals surface area contributed by atoms with Crippen molar-refractivity contribution >= 4 is 17.6 Å². The zero-order valence-corrected chi connectivity index (χ0v) is 16.1. The number of halogens is 1. The van der Waals surface area contributed by atoms with E-state index in [9.17, 15) is 9.90 Å². The summed E-state index contributed by atoms with van der Waals surface area (Å²) in [4.78, 5) is 11.4. The Balaban J connectivity index is 2.37. The number of carboxylic acid groups (broad SMARTS) is 1. The number of rotatable bonds is 6. The highest BCUT2D eigenvalue weighted by Gasteiger charge is 2.26. The van der Waals surface area contributed by atoms with E-state index in [2.05, 4.69) is 26.1 Å². The van der Waals surface area contributed by atoms with E-state index in [1.54, 1.807) is 4.68 Å². The molecule has 0 bridgehead atoms. The van der Waals surface area contributed by atoms with Gasteiger partial charge in [0.25, 0.3) is 0 Å². The average Bonchev–Trinajstić information content (AvgIpc) is 2.91. The molecule has 2 aromatic rings. The fourth-order valence-electron chi connectivity index (χ4n) is 2.76. The Morgan fingerprint density at radius 2 is 1.96 bits per heavy atom. The van der Waals surface area contributed by atoms with Gasteiger partial charge in [-0.15, -0.1) is 0 Å². The molecule has 1 heterocycles. The lowest BCUT2D eigenvalue weighted by Crippen LogP contribution is -2.40. The highest BCUT2D eigenvalue weighted by atomic mass is 35.5. The molecule has 0 saturated heterocycles. The molecule has 1 atom stereocenters. The van der Waals surface area contributed by atoms with E-state index in [0.717, 1.165) is 16.9 Å². The Bertz CT molecular complexity index is 747. The van der Waals surface area contributed by atoms with Gasteiger partial charge in [0.05, 0.1) is 16.4 Å². The van der Waals surface area contributed by atoms with Crippen molar-refractivity contribution in [3.8, 4) is 5.69 Å². The molecule has 0 spiro atoms. The molecule has 0 radical (unpaired) electrons. The van der Waals surface area contributed by atoms with Crippen LogP contribution in [0.1, 0.15) is 45.9 Å². The van der Waals surface area contributed by atoms with Crippen LogP contribution in [0.4, 0.5) is 0 Å². The zero-order chi connectivity index (χ0) is 18.8. The summed E-state index contributed by atoms with van der Waals surface area (Å²) >= 11 is 6.29. The van der Waals surface area contributed by atoms with Crippen LogP contribution in [-0.2, 0) is 16.8 Å². The van der Waals surface area contributed by atoms with E-state index < -0.39 is 12.0 Å². The first-order valence-corrected chi connectivity index (χ1v) is 8.79. The molecule has 1 aromatic carbocycles. The quantitative estimate of drug-likeness (QED) is 0.813. The number of carboxylic acids is 1. The van der Waals surface area contributed by atoms with Crippen LogP contribution in [-0.4, -0.2) is 26.9 Å². The van der Waals surface area contributed by atoms with Gasteiger partial charge >= 0.3 is 5.97 Å². The molecule has 0 aliphatic rings. The first-order chi connectivity index (χ1) is 11.6. The molecule has 0 unspecified atom stereocenters. The minimum atomic E-state index is -0.842. The first kappa shape index (κ1) is 19.5. The molecular formula is C19H26ClN3O2. The molecule has 2 N–H and O–H groups in total. The summed E-state index contributed by atoms with van der Waals surface area (Å²) in [6, 6.07) is 6.93. The molecule has 25 heavy (non-hydrogen) atoms. The number of carbonyl (C=O) groups is 1. The van der Waals surface area contributed by atoms with Crippen LogP contribution in [0.3, 0.4) is 0 Å². The SMILES string of the molecule is CC(C)[C@@H](NCc1cn(-c2ccccc2Cl)nc1C(C)(C)C)C(=O)O. The van der Waals surface area contributed by atoms with Crippen LogP contribution >= 0.6 is 11.6 Å². The van der Waals surface area contributed by atoms with Gasteiger partial charge in [0.15, 0.2) is 0 Å². The molecule has 0 fully saturated rings. The molecule has 136 valence electrons. The smallest absolute Gasteiger partial charge is 0.320 e. The maximum atomic E-state index is 11.4. The van der Waals surface area contributed by atoms with Crippen LogP contribution < -0.4 is 5.32 Å². The van der Waals surface area contributed by atoms with Crippen molar-refractivity contribution in [2.45, 2.75) is 52.6 Å².